The van der Waals surface area contributed by atoms with Gasteiger partial charge in [-0.2, -0.15) is 0 Å². The molecule has 82 valence electrons. The van der Waals surface area contributed by atoms with Gasteiger partial charge in [0.25, 0.3) is 0 Å². The van der Waals surface area contributed by atoms with Crippen molar-refractivity contribution in [3.05, 3.63) is 12.7 Å². The van der Waals surface area contributed by atoms with E-state index in [0.29, 0.717) is 19.4 Å². The molecule has 0 aromatic heterocycles. The number of nitrogens with zero attached hydrogens (tertiary/aromatic N) is 1. The van der Waals surface area contributed by atoms with Crippen LogP contribution in [-0.4, -0.2) is 40.3 Å². The lowest BCUT2D eigenvalue weighted by atomic mass is 10.2. The summed E-state index contributed by atoms with van der Waals surface area (Å²) in [6.45, 7) is 3.82. The summed E-state index contributed by atoms with van der Waals surface area (Å²) < 4.78 is 10.6. The summed E-state index contributed by atoms with van der Waals surface area (Å²) in [5, 5.41) is 0. The Hall–Kier alpha value is -0.480. The van der Waals surface area contributed by atoms with Gasteiger partial charge in [0.2, 0.25) is 0 Å². The third-order valence-corrected chi connectivity index (χ3v) is 2.47. The highest BCUT2D eigenvalue weighted by molar-refractivity contribution is 7.51. The van der Waals surface area contributed by atoms with Gasteiger partial charge in [-0.3, -0.25) is 14.3 Å². The van der Waals surface area contributed by atoms with Crippen LogP contribution in [0.1, 0.15) is 12.8 Å². The van der Waals surface area contributed by atoms with Gasteiger partial charge in [0.1, 0.15) is 6.29 Å². The minimum absolute atomic E-state index is 0.0467. The fraction of sp³-hybridized carbons (Fsp3) is 0.625. The number of allylic oxidation sites excluding steroid dienone is 1. The van der Waals surface area contributed by atoms with E-state index in [1.807, 2.05) is 0 Å². The standard InChI is InChI=1S/C8H16NO4P/c1-3-8(10)5-4-6-9(2)7-14(11,12)13/h3H,1,4-7H2,2H3,(H2,11,12,13). The molecule has 0 unspecified atom stereocenters. The van der Waals surface area contributed by atoms with E-state index >= 15 is 0 Å². The molecule has 0 fully saturated rings. The minimum Gasteiger partial charge on any atom is -0.324 e. The molecule has 0 aliphatic carbocycles. The average molecular weight is 221 g/mol. The number of hydrogen-bond donors (Lipinski definition) is 2. The number of hydrogen-bond acceptors (Lipinski definition) is 3. The van der Waals surface area contributed by atoms with Gasteiger partial charge >= 0.3 is 7.60 Å². The van der Waals surface area contributed by atoms with Crippen LogP contribution in [0.15, 0.2) is 12.7 Å². The van der Waals surface area contributed by atoms with E-state index in [2.05, 4.69) is 6.58 Å². The van der Waals surface area contributed by atoms with E-state index in [1.165, 1.54) is 11.0 Å². The molecule has 0 radical (unpaired) electrons. The Balaban J connectivity index is 3.65. The van der Waals surface area contributed by atoms with Crippen molar-refractivity contribution in [2.75, 3.05) is 19.9 Å². The lowest BCUT2D eigenvalue weighted by Crippen LogP contribution is -2.21. The largest absolute Gasteiger partial charge is 0.339 e. The molecule has 0 aliphatic rings. The Morgan fingerprint density at radius 1 is 1.57 bits per heavy atom. The first kappa shape index (κ1) is 13.5. The van der Waals surface area contributed by atoms with Gasteiger partial charge in [0, 0.05) is 6.42 Å². The van der Waals surface area contributed by atoms with Crippen LogP contribution in [0.5, 0.6) is 0 Å². The first-order chi connectivity index (χ1) is 6.35. The van der Waals surface area contributed by atoms with Crippen LogP contribution in [0.2, 0.25) is 0 Å². The molecule has 0 bridgehead atoms. The Labute approximate surface area is 83.6 Å². The summed E-state index contributed by atoms with van der Waals surface area (Å²) in [7, 11) is -2.36. The normalized spacial score (nSPS) is 11.7. The molecule has 0 atom stereocenters. The lowest BCUT2D eigenvalue weighted by Gasteiger charge is -2.16. The molecule has 5 nitrogen and oxygen atoms in total. The van der Waals surface area contributed by atoms with E-state index in [4.69, 9.17) is 9.79 Å². The van der Waals surface area contributed by atoms with Crippen LogP contribution >= 0.6 is 7.60 Å². The number of rotatable bonds is 7. The van der Waals surface area contributed by atoms with Gasteiger partial charge < -0.3 is 9.79 Å². The zero-order chi connectivity index (χ0) is 11.2. The van der Waals surface area contributed by atoms with Gasteiger partial charge in [0.15, 0.2) is 5.78 Å². The smallest absolute Gasteiger partial charge is 0.324 e. The summed E-state index contributed by atoms with van der Waals surface area (Å²) in [6.07, 6.45) is 1.94. The first-order valence-electron chi connectivity index (χ1n) is 4.23. The van der Waals surface area contributed by atoms with Crippen molar-refractivity contribution in [3.63, 3.8) is 0 Å². The summed E-state index contributed by atoms with van der Waals surface area (Å²) in [6, 6.07) is 0. The second kappa shape index (κ2) is 6.09. The maximum absolute atomic E-state index is 10.8. The highest BCUT2D eigenvalue weighted by Crippen LogP contribution is 2.34. The third-order valence-electron chi connectivity index (χ3n) is 1.62. The van der Waals surface area contributed by atoms with Crippen LogP contribution in [0, 0.1) is 0 Å². The summed E-state index contributed by atoms with van der Waals surface area (Å²) in [5.41, 5.74) is 0. The van der Waals surface area contributed by atoms with Crippen molar-refractivity contribution in [1.29, 1.82) is 0 Å². The second-order valence-corrected chi connectivity index (χ2v) is 4.77. The van der Waals surface area contributed by atoms with Crippen LogP contribution in [0.3, 0.4) is 0 Å². The van der Waals surface area contributed by atoms with Crippen molar-refractivity contribution in [2.45, 2.75) is 12.8 Å². The molecule has 0 aromatic rings. The number of ketones is 1. The molecule has 0 aromatic carbocycles. The van der Waals surface area contributed by atoms with Gasteiger partial charge in [-0.05, 0) is 26.1 Å². The molecule has 0 spiro atoms. The van der Waals surface area contributed by atoms with Gasteiger partial charge in [-0.25, -0.2) is 0 Å². The molecule has 0 heterocycles. The molecule has 0 saturated heterocycles. The monoisotopic (exact) mass is 221 g/mol. The average Bonchev–Trinajstić information content (AvgIpc) is 2.00. The summed E-state index contributed by atoms with van der Waals surface area (Å²) >= 11 is 0. The van der Waals surface area contributed by atoms with Crippen molar-refractivity contribution >= 4 is 13.4 Å². The summed E-state index contributed by atoms with van der Waals surface area (Å²) in [4.78, 5) is 29.6. The molecule has 0 rings (SSSR count). The van der Waals surface area contributed by atoms with Crippen LogP contribution < -0.4 is 0 Å². The quantitative estimate of drug-likeness (QED) is 0.486. The predicted molar refractivity (Wildman–Crippen MR) is 54.0 cm³/mol. The van der Waals surface area contributed by atoms with Crippen LogP contribution in [0.25, 0.3) is 0 Å². The fourth-order valence-electron chi connectivity index (χ4n) is 1.01. The Bertz CT molecular complexity index is 248. The second-order valence-electron chi connectivity index (χ2n) is 3.16. The SMILES string of the molecule is C=CC(=O)CCCN(C)CP(=O)(O)O. The Morgan fingerprint density at radius 2 is 2.14 bits per heavy atom. The van der Waals surface area contributed by atoms with Crippen LogP contribution in [0.4, 0.5) is 0 Å². The van der Waals surface area contributed by atoms with E-state index in [9.17, 15) is 9.36 Å². The van der Waals surface area contributed by atoms with Crippen LogP contribution in [-0.2, 0) is 9.36 Å². The molecule has 14 heavy (non-hydrogen) atoms. The number of carbonyl (C=O) groups is 1. The molecule has 0 amide bonds. The van der Waals surface area contributed by atoms with E-state index in [1.54, 1.807) is 7.05 Å². The third kappa shape index (κ3) is 8.13. The Morgan fingerprint density at radius 3 is 2.57 bits per heavy atom. The van der Waals surface area contributed by atoms with Gasteiger partial charge in [-0.15, -0.1) is 0 Å². The molecule has 0 aliphatic heterocycles. The topological polar surface area (TPSA) is 77.8 Å². The minimum atomic E-state index is -3.97. The molecule has 2 N–H and O–H groups in total. The fourth-order valence-corrected chi connectivity index (χ4v) is 1.78. The van der Waals surface area contributed by atoms with Crippen molar-refractivity contribution < 1.29 is 19.1 Å². The van der Waals surface area contributed by atoms with Crippen molar-refractivity contribution in [1.82, 2.24) is 4.90 Å². The Kier molecular flexibility index (Phi) is 5.88. The predicted octanol–water partition coefficient (Wildman–Crippen LogP) is 0.589. The van der Waals surface area contributed by atoms with E-state index in [-0.39, 0.29) is 12.1 Å². The molecule has 6 heteroatoms. The maximum atomic E-state index is 10.8. The first-order valence-corrected chi connectivity index (χ1v) is 6.03. The zero-order valence-electron chi connectivity index (χ0n) is 8.22. The van der Waals surface area contributed by atoms with Gasteiger partial charge in [0.05, 0.1) is 0 Å². The van der Waals surface area contributed by atoms with Crippen molar-refractivity contribution in [3.8, 4) is 0 Å². The highest BCUT2D eigenvalue weighted by Gasteiger charge is 2.15. The summed E-state index contributed by atoms with van der Waals surface area (Å²) in [5.74, 6) is -0.0467. The van der Waals surface area contributed by atoms with Gasteiger partial charge in [-0.1, -0.05) is 6.58 Å². The molecular formula is C8H16NO4P. The van der Waals surface area contributed by atoms with E-state index in [0.717, 1.165) is 0 Å². The maximum Gasteiger partial charge on any atom is 0.339 e. The molecular weight excluding hydrogens is 205 g/mol. The molecule has 0 saturated carbocycles. The number of carbonyl (C=O) groups excluding carboxylic acids is 1. The lowest BCUT2D eigenvalue weighted by molar-refractivity contribution is -0.114. The van der Waals surface area contributed by atoms with Crippen molar-refractivity contribution in [2.24, 2.45) is 0 Å². The zero-order valence-corrected chi connectivity index (χ0v) is 9.11. The highest BCUT2D eigenvalue weighted by atomic mass is 31.2. The van der Waals surface area contributed by atoms with E-state index < -0.39 is 7.60 Å².